The lowest BCUT2D eigenvalue weighted by Gasteiger charge is -2.38. The molecule has 0 amide bonds. The first kappa shape index (κ1) is 10.3. The van der Waals surface area contributed by atoms with Crippen LogP contribution in [-0.4, -0.2) is 6.61 Å². The van der Waals surface area contributed by atoms with E-state index in [1.807, 2.05) is 0 Å². The summed E-state index contributed by atoms with van der Waals surface area (Å²) in [6.07, 6.45) is 6.20. The fourth-order valence-electron chi connectivity index (χ4n) is 2.72. The molecule has 2 nitrogen and oxygen atoms in total. The van der Waals surface area contributed by atoms with Gasteiger partial charge in [0.1, 0.15) is 0 Å². The number of benzene rings is 1. The summed E-state index contributed by atoms with van der Waals surface area (Å²) in [6, 6.07) is 8.77. The molecule has 2 N–H and O–H groups in total. The van der Waals surface area contributed by atoms with E-state index in [-0.39, 0.29) is 5.54 Å². The summed E-state index contributed by atoms with van der Waals surface area (Å²) in [5, 5.41) is 0. The SMILES string of the molecule is NC1(c2ccc(C3CCCO3)cc2)CCC1. The Labute approximate surface area is 96.8 Å². The van der Waals surface area contributed by atoms with Crippen LogP contribution >= 0.6 is 0 Å². The standard InChI is InChI=1S/C14H19NO/c15-14(8-2-9-14)12-6-4-11(5-7-12)13-3-1-10-16-13/h4-7,13H,1-3,8-10,15H2. The van der Waals surface area contributed by atoms with Crippen molar-refractivity contribution in [2.24, 2.45) is 5.73 Å². The Bertz CT molecular complexity index is 361. The van der Waals surface area contributed by atoms with Crippen LogP contribution < -0.4 is 5.73 Å². The minimum Gasteiger partial charge on any atom is -0.374 e. The minimum absolute atomic E-state index is 0.0327. The van der Waals surface area contributed by atoms with E-state index >= 15 is 0 Å². The maximum Gasteiger partial charge on any atom is 0.0825 e. The zero-order valence-electron chi connectivity index (χ0n) is 9.61. The lowest BCUT2D eigenvalue weighted by atomic mass is 9.72. The molecule has 1 saturated heterocycles. The molecule has 0 radical (unpaired) electrons. The molecule has 1 heterocycles. The second-order valence-corrected chi connectivity index (χ2v) is 5.13. The van der Waals surface area contributed by atoms with Gasteiger partial charge in [-0.25, -0.2) is 0 Å². The summed E-state index contributed by atoms with van der Waals surface area (Å²) >= 11 is 0. The largest absolute Gasteiger partial charge is 0.374 e. The Morgan fingerprint density at radius 3 is 2.38 bits per heavy atom. The molecule has 1 aromatic rings. The predicted molar refractivity (Wildman–Crippen MR) is 64.1 cm³/mol. The third kappa shape index (κ3) is 1.66. The second kappa shape index (κ2) is 3.86. The molecule has 1 saturated carbocycles. The van der Waals surface area contributed by atoms with E-state index in [9.17, 15) is 0 Å². The van der Waals surface area contributed by atoms with Crippen LogP contribution in [-0.2, 0) is 10.3 Å². The van der Waals surface area contributed by atoms with E-state index in [1.165, 1.54) is 24.0 Å². The molecular formula is C14H19NO. The minimum atomic E-state index is -0.0327. The zero-order chi connectivity index (χ0) is 11.0. The van der Waals surface area contributed by atoms with Crippen LogP contribution in [0, 0.1) is 0 Å². The average molecular weight is 217 g/mol. The van der Waals surface area contributed by atoms with Crippen molar-refractivity contribution in [3.05, 3.63) is 35.4 Å². The van der Waals surface area contributed by atoms with Gasteiger partial charge in [0.15, 0.2) is 0 Å². The van der Waals surface area contributed by atoms with Gasteiger partial charge in [0.25, 0.3) is 0 Å². The van der Waals surface area contributed by atoms with Crippen LogP contribution in [0.15, 0.2) is 24.3 Å². The van der Waals surface area contributed by atoms with Crippen LogP contribution in [0.3, 0.4) is 0 Å². The van der Waals surface area contributed by atoms with E-state index in [2.05, 4.69) is 24.3 Å². The second-order valence-electron chi connectivity index (χ2n) is 5.13. The van der Waals surface area contributed by atoms with E-state index in [1.54, 1.807) is 0 Å². The number of ether oxygens (including phenoxy) is 1. The molecule has 0 bridgehead atoms. The fourth-order valence-corrected chi connectivity index (χ4v) is 2.72. The van der Waals surface area contributed by atoms with Crippen molar-refractivity contribution in [2.45, 2.75) is 43.7 Å². The van der Waals surface area contributed by atoms with E-state index in [4.69, 9.17) is 10.5 Å². The zero-order valence-corrected chi connectivity index (χ0v) is 9.61. The molecule has 1 atom stereocenters. The Hall–Kier alpha value is -0.860. The molecule has 1 unspecified atom stereocenters. The molecule has 2 aliphatic rings. The van der Waals surface area contributed by atoms with Crippen LogP contribution in [0.5, 0.6) is 0 Å². The quantitative estimate of drug-likeness (QED) is 0.826. The third-order valence-electron chi connectivity index (χ3n) is 4.03. The molecule has 1 aromatic carbocycles. The van der Waals surface area contributed by atoms with Crippen molar-refractivity contribution in [1.29, 1.82) is 0 Å². The molecule has 2 heteroatoms. The number of rotatable bonds is 2. The van der Waals surface area contributed by atoms with Crippen LogP contribution in [0.2, 0.25) is 0 Å². The molecule has 16 heavy (non-hydrogen) atoms. The fraction of sp³-hybridized carbons (Fsp3) is 0.571. The van der Waals surface area contributed by atoms with Crippen molar-refractivity contribution >= 4 is 0 Å². The van der Waals surface area contributed by atoms with Crippen LogP contribution in [0.25, 0.3) is 0 Å². The monoisotopic (exact) mass is 217 g/mol. The Balaban J connectivity index is 1.79. The first-order valence-electron chi connectivity index (χ1n) is 6.29. The van der Waals surface area contributed by atoms with Gasteiger partial charge in [-0.1, -0.05) is 24.3 Å². The molecule has 1 aliphatic heterocycles. The Kier molecular flexibility index (Phi) is 2.49. The summed E-state index contributed by atoms with van der Waals surface area (Å²) in [4.78, 5) is 0. The van der Waals surface area contributed by atoms with Gasteiger partial charge in [0, 0.05) is 12.1 Å². The van der Waals surface area contributed by atoms with E-state index < -0.39 is 0 Å². The Morgan fingerprint density at radius 2 is 1.88 bits per heavy atom. The van der Waals surface area contributed by atoms with Gasteiger partial charge >= 0.3 is 0 Å². The average Bonchev–Trinajstić information content (AvgIpc) is 2.80. The van der Waals surface area contributed by atoms with Gasteiger partial charge in [-0.3, -0.25) is 0 Å². The smallest absolute Gasteiger partial charge is 0.0825 e. The lowest BCUT2D eigenvalue weighted by molar-refractivity contribution is 0.112. The van der Waals surface area contributed by atoms with Gasteiger partial charge in [0.2, 0.25) is 0 Å². The molecule has 1 aliphatic carbocycles. The Morgan fingerprint density at radius 1 is 1.12 bits per heavy atom. The summed E-state index contributed by atoms with van der Waals surface area (Å²) in [5.41, 5.74) is 8.87. The highest BCUT2D eigenvalue weighted by Crippen LogP contribution is 2.39. The molecule has 0 aromatic heterocycles. The summed E-state index contributed by atoms with van der Waals surface area (Å²) in [6.45, 7) is 0.910. The highest BCUT2D eigenvalue weighted by molar-refractivity contribution is 5.31. The normalized spacial score (nSPS) is 27.7. The molecule has 2 fully saturated rings. The van der Waals surface area contributed by atoms with Crippen LogP contribution in [0.1, 0.15) is 49.3 Å². The highest BCUT2D eigenvalue weighted by atomic mass is 16.5. The molecule has 86 valence electrons. The number of hydrogen-bond acceptors (Lipinski definition) is 2. The topological polar surface area (TPSA) is 35.2 Å². The summed E-state index contributed by atoms with van der Waals surface area (Å²) in [5.74, 6) is 0. The molecule has 3 rings (SSSR count). The molecule has 0 spiro atoms. The maximum atomic E-state index is 6.30. The van der Waals surface area contributed by atoms with E-state index in [0.717, 1.165) is 25.9 Å². The van der Waals surface area contributed by atoms with Crippen molar-refractivity contribution in [2.75, 3.05) is 6.61 Å². The summed E-state index contributed by atoms with van der Waals surface area (Å²) in [7, 11) is 0. The van der Waals surface area contributed by atoms with Gasteiger partial charge < -0.3 is 10.5 Å². The van der Waals surface area contributed by atoms with Crippen LogP contribution in [0.4, 0.5) is 0 Å². The summed E-state index contributed by atoms with van der Waals surface area (Å²) < 4.78 is 5.67. The number of nitrogens with two attached hydrogens (primary N) is 1. The molecular weight excluding hydrogens is 198 g/mol. The van der Waals surface area contributed by atoms with E-state index in [0.29, 0.717) is 6.10 Å². The highest BCUT2D eigenvalue weighted by Gasteiger charge is 2.34. The van der Waals surface area contributed by atoms with Gasteiger partial charge in [-0.15, -0.1) is 0 Å². The number of hydrogen-bond donors (Lipinski definition) is 1. The van der Waals surface area contributed by atoms with Crippen molar-refractivity contribution < 1.29 is 4.74 Å². The van der Waals surface area contributed by atoms with Crippen molar-refractivity contribution in [1.82, 2.24) is 0 Å². The lowest BCUT2D eigenvalue weighted by Crippen LogP contribution is -2.43. The van der Waals surface area contributed by atoms with Gasteiger partial charge in [-0.05, 0) is 43.2 Å². The predicted octanol–water partition coefficient (Wildman–Crippen LogP) is 2.88. The first-order chi connectivity index (χ1) is 7.78. The van der Waals surface area contributed by atoms with Gasteiger partial charge in [0.05, 0.1) is 6.10 Å². The van der Waals surface area contributed by atoms with Gasteiger partial charge in [-0.2, -0.15) is 0 Å². The van der Waals surface area contributed by atoms with Crippen molar-refractivity contribution in [3.63, 3.8) is 0 Å². The first-order valence-corrected chi connectivity index (χ1v) is 6.29. The maximum absolute atomic E-state index is 6.30. The van der Waals surface area contributed by atoms with Crippen molar-refractivity contribution in [3.8, 4) is 0 Å². The third-order valence-corrected chi connectivity index (χ3v) is 4.03.